The summed E-state index contributed by atoms with van der Waals surface area (Å²) in [6.45, 7) is 0. The Morgan fingerprint density at radius 1 is 0.875 bits per heavy atom. The van der Waals surface area contributed by atoms with Crippen molar-refractivity contribution in [2.24, 2.45) is 0 Å². The summed E-state index contributed by atoms with van der Waals surface area (Å²) >= 11 is 10.4. The third-order valence-electron chi connectivity index (χ3n) is 0.373. The molecule has 0 N–H and O–H groups in total. The van der Waals surface area contributed by atoms with Crippen LogP contribution in [0.3, 0.4) is 0 Å². The molecule has 0 saturated carbocycles. The van der Waals surface area contributed by atoms with Crippen LogP contribution in [-0.4, -0.2) is 11.8 Å². The zero-order chi connectivity index (χ0) is 6.24. The van der Waals surface area contributed by atoms with E-state index in [1.807, 2.05) is 0 Å². The molecule has 0 heterocycles. The molecule has 0 aliphatic heterocycles. The average molecular weight is 147 g/mol. The van der Waals surface area contributed by atoms with Crippen molar-refractivity contribution in [2.45, 2.75) is 0 Å². The van der Waals surface area contributed by atoms with Crippen molar-refractivity contribution in [3.8, 4) is 23.7 Å². The highest BCUT2D eigenvalue weighted by Gasteiger charge is 1.59. The quantitative estimate of drug-likeness (QED) is 0.359. The Kier molecular flexibility index (Phi) is 6.45. The second kappa shape index (κ2) is 6.70. The Balaban J connectivity index is 3.40. The molecule has 0 saturated heterocycles. The lowest BCUT2D eigenvalue weighted by atomic mass is 10.6. The van der Waals surface area contributed by atoms with Gasteiger partial charge in [0.2, 0.25) is 0 Å². The van der Waals surface area contributed by atoms with E-state index in [9.17, 15) is 0 Å². The van der Waals surface area contributed by atoms with E-state index in [1.165, 1.54) is 0 Å². The molecular weight excluding hydrogens is 143 g/mol. The van der Waals surface area contributed by atoms with Gasteiger partial charge in [-0.3, -0.25) is 0 Å². The lowest BCUT2D eigenvalue weighted by molar-refractivity contribution is 1.90. The molecule has 0 bridgehead atoms. The van der Waals surface area contributed by atoms with E-state index in [2.05, 4.69) is 23.7 Å². The average Bonchev–Trinajstić information content (AvgIpc) is 1.81. The number of hydrogen-bond donors (Lipinski definition) is 0. The van der Waals surface area contributed by atoms with E-state index in [0.717, 1.165) is 0 Å². The van der Waals surface area contributed by atoms with E-state index < -0.39 is 0 Å². The van der Waals surface area contributed by atoms with Crippen LogP contribution in [0, 0.1) is 23.7 Å². The van der Waals surface area contributed by atoms with Crippen molar-refractivity contribution in [1.29, 1.82) is 0 Å². The van der Waals surface area contributed by atoms with Crippen molar-refractivity contribution in [1.82, 2.24) is 0 Å². The molecule has 0 fully saturated rings. The first-order valence-corrected chi connectivity index (χ1v) is 3.06. The third-order valence-corrected chi connectivity index (χ3v) is 0.640. The van der Waals surface area contributed by atoms with Crippen LogP contribution in [-0.2, 0) is 0 Å². The Bertz CT molecular complexity index is 131. The summed E-state index contributed by atoms with van der Waals surface area (Å²) in [5, 5.41) is 0. The van der Waals surface area contributed by atoms with Crippen LogP contribution in [0.25, 0.3) is 0 Å². The van der Waals surface area contributed by atoms with Crippen molar-refractivity contribution in [3.05, 3.63) is 0 Å². The third kappa shape index (κ3) is 5.70. The number of hydrogen-bond acceptors (Lipinski definition) is 0. The van der Waals surface area contributed by atoms with E-state index in [4.69, 9.17) is 23.2 Å². The molecule has 0 spiro atoms. The Labute approximate surface area is 59.2 Å². The molecule has 0 aromatic rings. The van der Waals surface area contributed by atoms with Crippen molar-refractivity contribution in [2.75, 3.05) is 11.8 Å². The second-order valence-corrected chi connectivity index (χ2v) is 1.41. The van der Waals surface area contributed by atoms with Gasteiger partial charge in [0.05, 0.1) is 11.8 Å². The molecule has 42 valence electrons. The number of alkyl halides is 2. The standard InChI is InChI=1S/C6H4Cl2/c7-5-3-1-2-4-6-8/h5-6H2. The first-order valence-electron chi connectivity index (χ1n) is 1.99. The maximum atomic E-state index is 5.21. The van der Waals surface area contributed by atoms with Gasteiger partial charge < -0.3 is 0 Å². The van der Waals surface area contributed by atoms with Gasteiger partial charge in [-0.15, -0.1) is 23.2 Å². The van der Waals surface area contributed by atoms with Crippen LogP contribution in [0.5, 0.6) is 0 Å². The largest absolute Gasteiger partial charge is 0.113 e. The van der Waals surface area contributed by atoms with Gasteiger partial charge in [0, 0.05) is 0 Å². The van der Waals surface area contributed by atoms with Crippen LogP contribution in [0.15, 0.2) is 0 Å². The summed E-state index contributed by atoms with van der Waals surface area (Å²) in [5.41, 5.74) is 0. The smallest absolute Gasteiger partial charge is 0.0845 e. The van der Waals surface area contributed by atoms with Crippen molar-refractivity contribution < 1.29 is 0 Å². The lowest BCUT2D eigenvalue weighted by Gasteiger charge is -1.61. The summed E-state index contributed by atoms with van der Waals surface area (Å²) in [5.74, 6) is 10.8. The zero-order valence-corrected chi connectivity index (χ0v) is 5.68. The summed E-state index contributed by atoms with van der Waals surface area (Å²) in [6, 6.07) is 0. The van der Waals surface area contributed by atoms with Crippen molar-refractivity contribution in [3.63, 3.8) is 0 Å². The van der Waals surface area contributed by atoms with E-state index in [0.29, 0.717) is 11.8 Å². The summed E-state index contributed by atoms with van der Waals surface area (Å²) in [4.78, 5) is 0. The highest BCUT2D eigenvalue weighted by molar-refractivity contribution is 6.19. The van der Waals surface area contributed by atoms with E-state index in [-0.39, 0.29) is 0 Å². The predicted molar refractivity (Wildman–Crippen MR) is 37.0 cm³/mol. The van der Waals surface area contributed by atoms with Crippen LogP contribution in [0.1, 0.15) is 0 Å². The highest BCUT2D eigenvalue weighted by atomic mass is 35.5. The molecule has 0 aliphatic carbocycles. The molecule has 0 unspecified atom stereocenters. The zero-order valence-electron chi connectivity index (χ0n) is 4.17. The SMILES string of the molecule is ClCC#CC#CCCl. The summed E-state index contributed by atoms with van der Waals surface area (Å²) in [6.07, 6.45) is 0. The van der Waals surface area contributed by atoms with E-state index >= 15 is 0 Å². The van der Waals surface area contributed by atoms with Crippen LogP contribution in [0.2, 0.25) is 0 Å². The first kappa shape index (κ1) is 7.70. The normalized spacial score (nSPS) is 5.75. The highest BCUT2D eigenvalue weighted by Crippen LogP contribution is 1.68. The molecule has 0 aromatic heterocycles. The molecule has 0 atom stereocenters. The van der Waals surface area contributed by atoms with Gasteiger partial charge in [0.25, 0.3) is 0 Å². The van der Waals surface area contributed by atoms with Gasteiger partial charge >= 0.3 is 0 Å². The van der Waals surface area contributed by atoms with Gasteiger partial charge in [-0.2, -0.15) is 0 Å². The fourth-order valence-corrected chi connectivity index (χ4v) is 0.289. The molecular formula is C6H4Cl2. The van der Waals surface area contributed by atoms with Gasteiger partial charge in [0.1, 0.15) is 0 Å². The first-order chi connectivity index (χ1) is 3.91. The molecule has 0 aliphatic rings. The molecule has 0 radical (unpaired) electrons. The molecule has 0 aromatic carbocycles. The molecule has 8 heavy (non-hydrogen) atoms. The van der Waals surface area contributed by atoms with E-state index in [1.54, 1.807) is 0 Å². The van der Waals surface area contributed by atoms with Crippen molar-refractivity contribution >= 4 is 23.2 Å². The minimum atomic E-state index is 0.330. The molecule has 0 rings (SSSR count). The maximum absolute atomic E-state index is 5.21. The van der Waals surface area contributed by atoms with Crippen LogP contribution >= 0.6 is 23.2 Å². The summed E-state index contributed by atoms with van der Waals surface area (Å²) in [7, 11) is 0. The Morgan fingerprint density at radius 2 is 1.25 bits per heavy atom. The molecule has 0 nitrogen and oxygen atoms in total. The summed E-state index contributed by atoms with van der Waals surface area (Å²) < 4.78 is 0. The number of rotatable bonds is 0. The number of halogens is 2. The van der Waals surface area contributed by atoms with Crippen LogP contribution < -0.4 is 0 Å². The molecule has 0 amide bonds. The minimum Gasteiger partial charge on any atom is -0.113 e. The predicted octanol–water partition coefficient (Wildman–Crippen LogP) is 1.47. The topological polar surface area (TPSA) is 0 Å². The van der Waals surface area contributed by atoms with Crippen LogP contribution in [0.4, 0.5) is 0 Å². The minimum absolute atomic E-state index is 0.330. The van der Waals surface area contributed by atoms with Gasteiger partial charge in [-0.25, -0.2) is 0 Å². The second-order valence-electron chi connectivity index (χ2n) is 0.871. The Morgan fingerprint density at radius 3 is 1.50 bits per heavy atom. The fraction of sp³-hybridized carbons (Fsp3) is 0.333. The van der Waals surface area contributed by atoms with Gasteiger partial charge in [0.15, 0.2) is 0 Å². The molecule has 2 heteroatoms. The fourth-order valence-electron chi connectivity index (χ4n) is 0.155. The Hall–Kier alpha value is -0.300. The van der Waals surface area contributed by atoms with Gasteiger partial charge in [-0.1, -0.05) is 11.8 Å². The monoisotopic (exact) mass is 146 g/mol. The maximum Gasteiger partial charge on any atom is 0.0845 e. The van der Waals surface area contributed by atoms with Gasteiger partial charge in [-0.05, 0) is 11.8 Å². The lowest BCUT2D eigenvalue weighted by Crippen LogP contribution is -1.60.